The van der Waals surface area contributed by atoms with E-state index in [9.17, 15) is 17.2 Å². The molecule has 3 rings (SSSR count). The number of sulfonamides is 1. The molecule has 23 heavy (non-hydrogen) atoms. The second kappa shape index (κ2) is 6.02. The summed E-state index contributed by atoms with van der Waals surface area (Å²) < 4.78 is 54.6. The number of halogens is 2. The zero-order valence-electron chi connectivity index (χ0n) is 12.7. The Balaban J connectivity index is 2.03. The van der Waals surface area contributed by atoms with Crippen LogP contribution in [0.5, 0.6) is 0 Å². The molecule has 0 spiro atoms. The molecule has 1 unspecified atom stereocenters. The molecule has 3 nitrogen and oxygen atoms in total. The van der Waals surface area contributed by atoms with E-state index in [0.717, 1.165) is 29.3 Å². The number of hydrogen-bond donors (Lipinski definition) is 0. The van der Waals surface area contributed by atoms with Crippen LogP contribution in [0.4, 0.5) is 8.78 Å². The van der Waals surface area contributed by atoms with Crippen LogP contribution in [-0.4, -0.2) is 19.3 Å². The van der Waals surface area contributed by atoms with Gasteiger partial charge in [-0.1, -0.05) is 35.9 Å². The lowest BCUT2D eigenvalue weighted by Gasteiger charge is -2.25. The summed E-state index contributed by atoms with van der Waals surface area (Å²) in [7, 11) is -4.22. The van der Waals surface area contributed by atoms with E-state index in [4.69, 9.17) is 0 Å². The van der Waals surface area contributed by atoms with E-state index in [1.807, 2.05) is 31.2 Å². The average molecular weight is 337 g/mol. The molecule has 1 atom stereocenters. The van der Waals surface area contributed by atoms with Gasteiger partial charge in [0.25, 0.3) is 0 Å². The first-order chi connectivity index (χ1) is 10.9. The van der Waals surface area contributed by atoms with Crippen LogP contribution in [-0.2, 0) is 10.0 Å². The Morgan fingerprint density at radius 3 is 2.26 bits per heavy atom. The van der Waals surface area contributed by atoms with Crippen molar-refractivity contribution in [1.82, 2.24) is 4.31 Å². The molecule has 0 bridgehead atoms. The summed E-state index contributed by atoms with van der Waals surface area (Å²) in [6.07, 6.45) is 1.30. The standard InChI is InChI=1S/C17H17F2NO2S/c1-12-7-9-13(10-8-12)16-6-3-11-20(16)23(21,22)17-14(18)4-2-5-15(17)19/h2,4-5,7-10,16H,3,6,11H2,1H3. The highest BCUT2D eigenvalue weighted by molar-refractivity contribution is 7.89. The van der Waals surface area contributed by atoms with Gasteiger partial charge in [0.1, 0.15) is 11.6 Å². The zero-order valence-corrected chi connectivity index (χ0v) is 13.5. The second-order valence-electron chi connectivity index (χ2n) is 5.74. The number of aryl methyl sites for hydroxylation is 1. The Morgan fingerprint density at radius 2 is 1.65 bits per heavy atom. The molecule has 1 aliphatic heterocycles. The quantitative estimate of drug-likeness (QED) is 0.854. The summed E-state index contributed by atoms with van der Waals surface area (Å²) >= 11 is 0. The van der Waals surface area contributed by atoms with Crippen molar-refractivity contribution in [3.05, 3.63) is 65.2 Å². The minimum Gasteiger partial charge on any atom is -0.207 e. The van der Waals surface area contributed by atoms with Crippen LogP contribution in [0.1, 0.15) is 30.0 Å². The molecule has 0 amide bonds. The molecule has 0 radical (unpaired) electrons. The predicted octanol–water partition coefficient (Wildman–Crippen LogP) is 3.80. The van der Waals surface area contributed by atoms with E-state index in [2.05, 4.69) is 0 Å². The van der Waals surface area contributed by atoms with E-state index in [-0.39, 0.29) is 12.6 Å². The molecular weight excluding hydrogens is 320 g/mol. The van der Waals surface area contributed by atoms with Gasteiger partial charge in [-0.2, -0.15) is 4.31 Å². The Bertz CT molecular complexity index is 799. The van der Waals surface area contributed by atoms with Gasteiger partial charge in [-0.3, -0.25) is 0 Å². The fourth-order valence-corrected chi connectivity index (χ4v) is 4.79. The van der Waals surface area contributed by atoms with E-state index < -0.39 is 26.6 Å². The maximum atomic E-state index is 13.9. The SMILES string of the molecule is Cc1ccc(C2CCCN2S(=O)(=O)c2c(F)cccc2F)cc1. The van der Waals surface area contributed by atoms with Crippen molar-refractivity contribution < 1.29 is 17.2 Å². The largest absolute Gasteiger partial charge is 0.249 e. The van der Waals surface area contributed by atoms with Gasteiger partial charge in [-0.05, 0) is 37.5 Å². The second-order valence-corrected chi connectivity index (χ2v) is 7.56. The van der Waals surface area contributed by atoms with Crippen LogP contribution in [0.2, 0.25) is 0 Å². The average Bonchev–Trinajstić information content (AvgIpc) is 2.98. The summed E-state index contributed by atoms with van der Waals surface area (Å²) in [5.41, 5.74) is 1.91. The van der Waals surface area contributed by atoms with Crippen LogP contribution in [0, 0.1) is 18.6 Å². The van der Waals surface area contributed by atoms with Crippen LogP contribution >= 0.6 is 0 Å². The minimum atomic E-state index is -4.22. The topological polar surface area (TPSA) is 37.4 Å². The summed E-state index contributed by atoms with van der Waals surface area (Å²) in [4.78, 5) is -0.862. The summed E-state index contributed by atoms with van der Waals surface area (Å²) in [6, 6.07) is 10.2. The molecule has 122 valence electrons. The molecule has 0 saturated carbocycles. The summed E-state index contributed by atoms with van der Waals surface area (Å²) in [5, 5.41) is 0. The third-order valence-corrected chi connectivity index (χ3v) is 6.11. The van der Waals surface area contributed by atoms with Gasteiger partial charge in [0.15, 0.2) is 4.90 Å². The Morgan fingerprint density at radius 1 is 1.04 bits per heavy atom. The van der Waals surface area contributed by atoms with Gasteiger partial charge in [0.05, 0.1) is 6.04 Å². The smallest absolute Gasteiger partial charge is 0.207 e. The van der Waals surface area contributed by atoms with Crippen molar-refractivity contribution in [2.24, 2.45) is 0 Å². The third kappa shape index (κ3) is 2.88. The molecule has 0 aromatic heterocycles. The van der Waals surface area contributed by atoms with Crippen molar-refractivity contribution in [3.8, 4) is 0 Å². The lowest BCUT2D eigenvalue weighted by molar-refractivity contribution is 0.389. The summed E-state index contributed by atoms with van der Waals surface area (Å²) in [5.74, 6) is -2.11. The fraction of sp³-hybridized carbons (Fsp3) is 0.294. The number of benzene rings is 2. The first kappa shape index (κ1) is 16.1. The van der Waals surface area contributed by atoms with Gasteiger partial charge in [0.2, 0.25) is 10.0 Å². The molecule has 1 aliphatic rings. The van der Waals surface area contributed by atoms with Gasteiger partial charge >= 0.3 is 0 Å². The number of rotatable bonds is 3. The molecular formula is C17H17F2NO2S. The number of hydrogen-bond acceptors (Lipinski definition) is 2. The molecule has 1 fully saturated rings. The summed E-state index contributed by atoms with van der Waals surface area (Å²) in [6.45, 7) is 2.20. The van der Waals surface area contributed by atoms with Crippen LogP contribution in [0.3, 0.4) is 0 Å². The van der Waals surface area contributed by atoms with Crippen molar-refractivity contribution >= 4 is 10.0 Å². The highest BCUT2D eigenvalue weighted by Gasteiger charge is 2.39. The highest BCUT2D eigenvalue weighted by atomic mass is 32.2. The maximum absolute atomic E-state index is 13.9. The van der Waals surface area contributed by atoms with E-state index >= 15 is 0 Å². The molecule has 0 aliphatic carbocycles. The first-order valence-corrected chi connectivity index (χ1v) is 8.87. The molecule has 1 saturated heterocycles. The van der Waals surface area contributed by atoms with Gasteiger partial charge in [0, 0.05) is 6.54 Å². The fourth-order valence-electron chi connectivity index (χ4n) is 3.00. The lowest BCUT2D eigenvalue weighted by atomic mass is 10.0. The highest BCUT2D eigenvalue weighted by Crippen LogP contribution is 2.37. The molecule has 2 aromatic rings. The van der Waals surface area contributed by atoms with E-state index in [1.54, 1.807) is 0 Å². The predicted molar refractivity (Wildman–Crippen MR) is 83.4 cm³/mol. The molecule has 6 heteroatoms. The number of nitrogens with zero attached hydrogens (tertiary/aromatic N) is 1. The van der Waals surface area contributed by atoms with Crippen molar-refractivity contribution in [2.45, 2.75) is 30.7 Å². The Labute approximate surface area is 134 Å². The van der Waals surface area contributed by atoms with Crippen molar-refractivity contribution in [3.63, 3.8) is 0 Å². The normalized spacial score (nSPS) is 19.2. The van der Waals surface area contributed by atoms with Gasteiger partial charge < -0.3 is 0 Å². The first-order valence-electron chi connectivity index (χ1n) is 7.43. The Kier molecular flexibility index (Phi) is 4.21. The van der Waals surface area contributed by atoms with Crippen LogP contribution in [0.15, 0.2) is 47.4 Å². The Hall–Kier alpha value is -1.79. The van der Waals surface area contributed by atoms with Crippen molar-refractivity contribution in [1.29, 1.82) is 0 Å². The van der Waals surface area contributed by atoms with Gasteiger partial charge in [-0.25, -0.2) is 17.2 Å². The van der Waals surface area contributed by atoms with Crippen LogP contribution < -0.4 is 0 Å². The molecule has 1 heterocycles. The minimum absolute atomic E-state index is 0.259. The van der Waals surface area contributed by atoms with E-state index in [1.165, 1.54) is 4.31 Å². The molecule has 0 N–H and O–H groups in total. The molecule has 2 aromatic carbocycles. The van der Waals surface area contributed by atoms with Crippen LogP contribution in [0.25, 0.3) is 0 Å². The van der Waals surface area contributed by atoms with E-state index in [0.29, 0.717) is 12.8 Å². The maximum Gasteiger partial charge on any atom is 0.249 e. The third-order valence-electron chi connectivity index (χ3n) is 4.15. The zero-order chi connectivity index (χ0) is 16.6. The monoisotopic (exact) mass is 337 g/mol. The van der Waals surface area contributed by atoms with Crippen molar-refractivity contribution in [2.75, 3.05) is 6.54 Å². The lowest BCUT2D eigenvalue weighted by Crippen LogP contribution is -2.32. The van der Waals surface area contributed by atoms with Gasteiger partial charge in [-0.15, -0.1) is 0 Å².